The Morgan fingerprint density at radius 2 is 1.74 bits per heavy atom. The average molecular weight is 410 g/mol. The van der Waals surface area contributed by atoms with E-state index < -0.39 is 6.10 Å². The first-order valence-corrected chi connectivity index (χ1v) is 9.99. The third kappa shape index (κ3) is 6.98. The van der Waals surface area contributed by atoms with Crippen molar-refractivity contribution < 1.29 is 14.6 Å². The minimum absolute atomic E-state index is 0.224. The van der Waals surface area contributed by atoms with Crippen LogP contribution in [0.1, 0.15) is 18.4 Å². The fourth-order valence-electron chi connectivity index (χ4n) is 3.20. The van der Waals surface area contributed by atoms with Crippen molar-refractivity contribution in [3.8, 4) is 5.75 Å². The largest absolute Gasteiger partial charge is 0.491 e. The monoisotopic (exact) mass is 409 g/mol. The van der Waals surface area contributed by atoms with E-state index in [2.05, 4.69) is 4.90 Å². The Kier molecular flexibility index (Phi) is 7.80. The Labute approximate surface area is 170 Å². The zero-order chi connectivity index (χ0) is 19.1. The quantitative estimate of drug-likeness (QED) is 0.665. The van der Waals surface area contributed by atoms with Crippen molar-refractivity contribution in [3.63, 3.8) is 0 Å². The normalized spacial score (nSPS) is 18.0. The lowest BCUT2D eigenvalue weighted by molar-refractivity contribution is 0.0313. The molecule has 0 amide bonds. The van der Waals surface area contributed by atoms with Crippen LogP contribution in [0.4, 0.5) is 0 Å². The zero-order valence-electron chi connectivity index (χ0n) is 15.2. The van der Waals surface area contributed by atoms with Crippen molar-refractivity contribution in [2.24, 2.45) is 0 Å². The molecule has 3 rings (SSSR count). The molecule has 146 valence electrons. The minimum atomic E-state index is -0.602. The van der Waals surface area contributed by atoms with E-state index in [4.69, 9.17) is 32.7 Å². The third-order valence-electron chi connectivity index (χ3n) is 4.53. The molecule has 0 aliphatic carbocycles. The van der Waals surface area contributed by atoms with E-state index in [0.29, 0.717) is 17.3 Å². The van der Waals surface area contributed by atoms with Crippen molar-refractivity contribution in [3.05, 3.63) is 64.1 Å². The third-order valence-corrected chi connectivity index (χ3v) is 5.03. The van der Waals surface area contributed by atoms with E-state index in [0.717, 1.165) is 43.1 Å². The van der Waals surface area contributed by atoms with Crippen LogP contribution in [0.15, 0.2) is 48.5 Å². The van der Waals surface area contributed by atoms with Gasteiger partial charge in [-0.15, -0.1) is 0 Å². The molecule has 2 aromatic carbocycles. The summed E-state index contributed by atoms with van der Waals surface area (Å²) in [6.07, 6.45) is 1.78. The van der Waals surface area contributed by atoms with Crippen LogP contribution in [0.3, 0.4) is 0 Å². The van der Waals surface area contributed by atoms with Crippen LogP contribution in [0.25, 0.3) is 0 Å². The summed E-state index contributed by atoms with van der Waals surface area (Å²) in [6, 6.07) is 15.0. The van der Waals surface area contributed by atoms with Crippen LogP contribution in [-0.2, 0) is 11.3 Å². The van der Waals surface area contributed by atoms with Crippen LogP contribution in [0.5, 0.6) is 5.75 Å². The molecule has 0 radical (unpaired) electrons. The summed E-state index contributed by atoms with van der Waals surface area (Å²) in [5, 5.41) is 11.9. The van der Waals surface area contributed by atoms with Gasteiger partial charge in [0, 0.05) is 36.3 Å². The lowest BCUT2D eigenvalue weighted by atomic mass is 10.1. The standard InChI is InChI=1S/C21H25Cl2NO3/c22-17-5-3-16(4-6-17)12-24(14-21-2-1-11-26-21)13-19(25)15-27-20-9-7-18(23)8-10-20/h3-10,19,21,25H,1-2,11-15H2. The second-order valence-corrected chi connectivity index (χ2v) is 7.75. The van der Waals surface area contributed by atoms with Gasteiger partial charge < -0.3 is 14.6 Å². The summed E-state index contributed by atoms with van der Waals surface area (Å²) in [4.78, 5) is 2.22. The molecule has 0 spiro atoms. The Bertz CT molecular complexity index is 688. The summed E-state index contributed by atoms with van der Waals surface area (Å²) in [5.41, 5.74) is 1.16. The number of nitrogens with zero attached hydrogens (tertiary/aromatic N) is 1. The molecule has 0 saturated carbocycles. The zero-order valence-corrected chi connectivity index (χ0v) is 16.7. The molecular formula is C21H25Cl2NO3. The van der Waals surface area contributed by atoms with Gasteiger partial charge in [-0.2, -0.15) is 0 Å². The van der Waals surface area contributed by atoms with Gasteiger partial charge in [0.05, 0.1) is 6.10 Å². The highest BCUT2D eigenvalue weighted by Gasteiger charge is 2.21. The van der Waals surface area contributed by atoms with Crippen LogP contribution in [0.2, 0.25) is 10.0 Å². The smallest absolute Gasteiger partial charge is 0.119 e. The molecule has 1 fully saturated rings. The maximum absolute atomic E-state index is 10.5. The first-order chi connectivity index (χ1) is 13.1. The molecule has 1 heterocycles. The summed E-state index contributed by atoms with van der Waals surface area (Å²) in [6.45, 7) is 3.08. The number of benzene rings is 2. The summed E-state index contributed by atoms with van der Waals surface area (Å²) < 4.78 is 11.4. The SMILES string of the molecule is OC(COc1ccc(Cl)cc1)CN(Cc1ccc(Cl)cc1)CC1CCCO1. The van der Waals surface area contributed by atoms with Crippen molar-refractivity contribution in [2.75, 3.05) is 26.3 Å². The Morgan fingerprint density at radius 3 is 2.37 bits per heavy atom. The molecule has 27 heavy (non-hydrogen) atoms. The highest BCUT2D eigenvalue weighted by Crippen LogP contribution is 2.18. The van der Waals surface area contributed by atoms with Gasteiger partial charge >= 0.3 is 0 Å². The maximum Gasteiger partial charge on any atom is 0.119 e. The van der Waals surface area contributed by atoms with Gasteiger partial charge in [-0.1, -0.05) is 35.3 Å². The highest BCUT2D eigenvalue weighted by atomic mass is 35.5. The first kappa shape index (κ1) is 20.4. The fourth-order valence-corrected chi connectivity index (χ4v) is 3.45. The molecule has 0 bridgehead atoms. The summed E-state index contributed by atoms with van der Waals surface area (Å²) >= 11 is 11.9. The number of hydrogen-bond acceptors (Lipinski definition) is 4. The van der Waals surface area contributed by atoms with Crippen LogP contribution >= 0.6 is 23.2 Å². The van der Waals surface area contributed by atoms with Crippen LogP contribution in [0, 0.1) is 0 Å². The van der Waals surface area contributed by atoms with Crippen LogP contribution in [-0.4, -0.2) is 48.5 Å². The van der Waals surface area contributed by atoms with Crippen molar-refractivity contribution in [2.45, 2.75) is 31.6 Å². The number of halogens is 2. The van der Waals surface area contributed by atoms with E-state index in [1.54, 1.807) is 24.3 Å². The number of hydrogen-bond donors (Lipinski definition) is 1. The van der Waals surface area contributed by atoms with Gasteiger partial charge in [0.1, 0.15) is 18.5 Å². The molecule has 6 heteroatoms. The second kappa shape index (κ2) is 10.3. The Hall–Kier alpha value is -1.30. The number of aliphatic hydroxyl groups excluding tert-OH is 1. The van der Waals surface area contributed by atoms with Gasteiger partial charge in [0.25, 0.3) is 0 Å². The van der Waals surface area contributed by atoms with E-state index in [1.807, 2.05) is 24.3 Å². The van der Waals surface area contributed by atoms with Gasteiger partial charge in [0.2, 0.25) is 0 Å². The van der Waals surface area contributed by atoms with Crippen molar-refractivity contribution in [1.29, 1.82) is 0 Å². The molecule has 1 aliphatic rings. The topological polar surface area (TPSA) is 41.9 Å². The maximum atomic E-state index is 10.5. The highest BCUT2D eigenvalue weighted by molar-refractivity contribution is 6.30. The molecule has 1 aliphatic heterocycles. The van der Waals surface area contributed by atoms with E-state index in [9.17, 15) is 5.11 Å². The number of rotatable bonds is 9. The molecule has 4 nitrogen and oxygen atoms in total. The fraction of sp³-hybridized carbons (Fsp3) is 0.429. The molecule has 2 unspecified atom stereocenters. The van der Waals surface area contributed by atoms with Gasteiger partial charge in [-0.25, -0.2) is 0 Å². The Balaban J connectivity index is 1.55. The molecular weight excluding hydrogens is 385 g/mol. The predicted molar refractivity (Wildman–Crippen MR) is 109 cm³/mol. The average Bonchev–Trinajstić information content (AvgIpc) is 3.16. The molecule has 2 atom stereocenters. The molecule has 0 aromatic heterocycles. The van der Waals surface area contributed by atoms with Gasteiger partial charge in [-0.3, -0.25) is 4.90 Å². The predicted octanol–water partition coefficient (Wildman–Crippen LogP) is 4.41. The minimum Gasteiger partial charge on any atom is -0.491 e. The van der Waals surface area contributed by atoms with Crippen molar-refractivity contribution in [1.82, 2.24) is 4.90 Å². The van der Waals surface area contributed by atoms with E-state index >= 15 is 0 Å². The van der Waals surface area contributed by atoms with Crippen molar-refractivity contribution >= 4 is 23.2 Å². The van der Waals surface area contributed by atoms with Gasteiger partial charge in [0.15, 0.2) is 0 Å². The van der Waals surface area contributed by atoms with E-state index in [1.165, 1.54) is 0 Å². The van der Waals surface area contributed by atoms with Gasteiger partial charge in [-0.05, 0) is 54.8 Å². The molecule has 2 aromatic rings. The number of ether oxygens (including phenoxy) is 2. The Morgan fingerprint density at radius 1 is 1.07 bits per heavy atom. The lowest BCUT2D eigenvalue weighted by Crippen LogP contribution is -2.39. The molecule has 1 N–H and O–H groups in total. The van der Waals surface area contributed by atoms with Crippen LogP contribution < -0.4 is 4.74 Å². The second-order valence-electron chi connectivity index (χ2n) is 6.87. The number of aliphatic hydroxyl groups is 1. The van der Waals surface area contributed by atoms with E-state index in [-0.39, 0.29) is 12.7 Å². The first-order valence-electron chi connectivity index (χ1n) is 9.23. The summed E-state index contributed by atoms with van der Waals surface area (Å²) in [5.74, 6) is 0.696. The molecule has 1 saturated heterocycles. The lowest BCUT2D eigenvalue weighted by Gasteiger charge is -2.27. The summed E-state index contributed by atoms with van der Waals surface area (Å²) in [7, 11) is 0.